The number of anilines is 1. The fourth-order valence-corrected chi connectivity index (χ4v) is 3.77. The normalized spacial score (nSPS) is 22.8. The molecule has 0 amide bonds. The van der Waals surface area contributed by atoms with Gasteiger partial charge in [0.15, 0.2) is 0 Å². The molecule has 0 radical (unpaired) electrons. The van der Waals surface area contributed by atoms with Crippen molar-refractivity contribution in [2.45, 2.75) is 57.2 Å². The van der Waals surface area contributed by atoms with Crippen molar-refractivity contribution in [3.8, 4) is 0 Å². The first-order chi connectivity index (χ1) is 10.7. The van der Waals surface area contributed by atoms with Crippen molar-refractivity contribution in [2.75, 3.05) is 11.9 Å². The molecule has 0 aliphatic heterocycles. The minimum Gasteiger partial charge on any atom is -0.385 e. The molecule has 0 bridgehead atoms. The van der Waals surface area contributed by atoms with E-state index in [9.17, 15) is 12.8 Å². The maximum Gasteiger partial charge on any atom is 0.216 e. The average molecular weight is 342 g/mol. The van der Waals surface area contributed by atoms with E-state index in [0.717, 1.165) is 37.9 Å². The summed E-state index contributed by atoms with van der Waals surface area (Å²) in [5, 5.41) is 3.26. The van der Waals surface area contributed by atoms with Crippen molar-refractivity contribution in [1.82, 2.24) is 4.72 Å². The molecule has 1 aromatic rings. The largest absolute Gasteiger partial charge is 0.385 e. The first kappa shape index (κ1) is 18.2. The molecule has 0 unspecified atom stereocenters. The van der Waals surface area contributed by atoms with Crippen molar-refractivity contribution in [2.24, 2.45) is 5.92 Å². The first-order valence-corrected chi connectivity index (χ1v) is 9.67. The molecule has 6 heteroatoms. The van der Waals surface area contributed by atoms with Crippen LogP contribution in [0.3, 0.4) is 0 Å². The van der Waals surface area contributed by atoms with Crippen molar-refractivity contribution in [3.05, 3.63) is 30.1 Å². The van der Waals surface area contributed by atoms with E-state index in [4.69, 9.17) is 0 Å². The molecule has 2 N–H and O–H groups in total. The molecular weight excluding hydrogens is 315 g/mol. The van der Waals surface area contributed by atoms with Crippen LogP contribution in [0.2, 0.25) is 0 Å². The number of nitrogens with one attached hydrogen (secondary N) is 2. The fraction of sp³-hybridized carbons (Fsp3) is 0.647. The van der Waals surface area contributed by atoms with Crippen molar-refractivity contribution >= 4 is 15.7 Å². The zero-order valence-corrected chi connectivity index (χ0v) is 14.9. The summed E-state index contributed by atoms with van der Waals surface area (Å²) in [4.78, 5) is 0. The standard InChI is InChI=1S/C17H27FN2O2S/c1-17(2,3)23(21,22)20-15-9-7-13(8-10-15)12-19-16-6-4-5-14(18)11-16/h4-6,11,13,15,19-20H,7-10,12H2,1-3H3/t13-,15-. The molecule has 1 aliphatic carbocycles. The van der Waals surface area contributed by atoms with Crippen LogP contribution in [0.4, 0.5) is 10.1 Å². The number of sulfonamides is 1. The van der Waals surface area contributed by atoms with Gasteiger partial charge in [0.2, 0.25) is 10.0 Å². The zero-order chi connectivity index (χ0) is 17.1. The summed E-state index contributed by atoms with van der Waals surface area (Å²) in [5.74, 6) is 0.254. The quantitative estimate of drug-likeness (QED) is 0.861. The number of rotatable bonds is 5. The van der Waals surface area contributed by atoms with E-state index in [1.165, 1.54) is 12.1 Å². The average Bonchev–Trinajstić information content (AvgIpc) is 2.45. The molecule has 2 rings (SSSR count). The lowest BCUT2D eigenvalue weighted by Gasteiger charge is -2.31. The summed E-state index contributed by atoms with van der Waals surface area (Å²) >= 11 is 0. The van der Waals surface area contributed by atoms with Crippen LogP contribution in [0.25, 0.3) is 0 Å². The Morgan fingerprint density at radius 3 is 2.39 bits per heavy atom. The number of halogens is 1. The van der Waals surface area contributed by atoms with Gasteiger partial charge in [0.05, 0.1) is 4.75 Å². The molecule has 0 saturated heterocycles. The van der Waals surface area contributed by atoms with Crippen LogP contribution in [0.15, 0.2) is 24.3 Å². The Morgan fingerprint density at radius 1 is 1.17 bits per heavy atom. The summed E-state index contributed by atoms with van der Waals surface area (Å²) in [6.07, 6.45) is 3.65. The van der Waals surface area contributed by atoms with Gasteiger partial charge in [-0.2, -0.15) is 0 Å². The second kappa shape index (κ2) is 7.18. The summed E-state index contributed by atoms with van der Waals surface area (Å²) in [5.41, 5.74) is 0.792. The van der Waals surface area contributed by atoms with Crippen molar-refractivity contribution in [3.63, 3.8) is 0 Å². The molecule has 1 saturated carbocycles. The summed E-state index contributed by atoms with van der Waals surface area (Å²) in [6, 6.07) is 6.49. The third kappa shape index (κ3) is 5.18. The lowest BCUT2D eigenvalue weighted by Crippen LogP contribution is -2.46. The van der Waals surface area contributed by atoms with Gasteiger partial charge in [0.1, 0.15) is 5.82 Å². The van der Waals surface area contributed by atoms with E-state index in [-0.39, 0.29) is 11.9 Å². The third-order valence-electron chi connectivity index (χ3n) is 4.39. The van der Waals surface area contributed by atoms with Gasteiger partial charge in [-0.3, -0.25) is 0 Å². The highest BCUT2D eigenvalue weighted by molar-refractivity contribution is 7.90. The Kier molecular flexibility index (Phi) is 5.68. The monoisotopic (exact) mass is 342 g/mol. The topological polar surface area (TPSA) is 58.2 Å². The van der Waals surface area contributed by atoms with Gasteiger partial charge in [0.25, 0.3) is 0 Å². The molecule has 0 spiro atoms. The summed E-state index contributed by atoms with van der Waals surface area (Å²) in [6.45, 7) is 5.93. The van der Waals surface area contributed by atoms with Crippen LogP contribution < -0.4 is 10.0 Å². The van der Waals surface area contributed by atoms with E-state index in [1.807, 2.05) is 6.07 Å². The molecule has 0 atom stereocenters. The Bertz CT molecular complexity index is 618. The van der Waals surface area contributed by atoms with E-state index in [0.29, 0.717) is 5.92 Å². The Morgan fingerprint density at radius 2 is 1.83 bits per heavy atom. The van der Waals surface area contributed by atoms with Crippen LogP contribution in [0.1, 0.15) is 46.5 Å². The zero-order valence-electron chi connectivity index (χ0n) is 14.1. The highest BCUT2D eigenvalue weighted by Crippen LogP contribution is 2.26. The van der Waals surface area contributed by atoms with E-state index >= 15 is 0 Å². The van der Waals surface area contributed by atoms with Gasteiger partial charge in [-0.25, -0.2) is 17.5 Å². The molecule has 0 heterocycles. The maximum absolute atomic E-state index is 13.1. The van der Waals surface area contributed by atoms with Gasteiger partial charge < -0.3 is 5.32 Å². The van der Waals surface area contributed by atoms with Crippen LogP contribution in [-0.4, -0.2) is 25.8 Å². The Labute approximate surface area is 138 Å². The Hall–Kier alpha value is -1.14. The van der Waals surface area contributed by atoms with Gasteiger partial charge >= 0.3 is 0 Å². The molecule has 1 aliphatic rings. The highest BCUT2D eigenvalue weighted by Gasteiger charge is 2.32. The first-order valence-electron chi connectivity index (χ1n) is 8.19. The molecule has 23 heavy (non-hydrogen) atoms. The molecule has 1 fully saturated rings. The molecule has 130 valence electrons. The maximum atomic E-state index is 13.1. The van der Waals surface area contributed by atoms with Gasteiger partial charge in [-0.1, -0.05) is 6.07 Å². The Balaban J connectivity index is 1.78. The lowest BCUT2D eigenvalue weighted by atomic mass is 9.86. The number of hydrogen-bond acceptors (Lipinski definition) is 3. The summed E-state index contributed by atoms with van der Waals surface area (Å²) in [7, 11) is -3.28. The lowest BCUT2D eigenvalue weighted by molar-refractivity contribution is 0.322. The van der Waals surface area contributed by atoms with Gasteiger partial charge in [-0.15, -0.1) is 0 Å². The summed E-state index contributed by atoms with van der Waals surface area (Å²) < 4.78 is 39.6. The highest BCUT2D eigenvalue weighted by atomic mass is 32.2. The SMILES string of the molecule is CC(C)(C)S(=O)(=O)N[C@H]1CC[C@H](CNc2cccc(F)c2)CC1. The third-order valence-corrected chi connectivity index (χ3v) is 6.65. The van der Waals surface area contributed by atoms with Crippen LogP contribution >= 0.6 is 0 Å². The fourth-order valence-electron chi connectivity index (χ4n) is 2.74. The minimum atomic E-state index is -3.28. The molecule has 1 aromatic carbocycles. The number of hydrogen-bond donors (Lipinski definition) is 2. The predicted octanol–water partition coefficient (Wildman–Crippen LogP) is 3.51. The van der Waals surface area contributed by atoms with Gasteiger partial charge in [0, 0.05) is 18.3 Å². The van der Waals surface area contributed by atoms with Gasteiger partial charge in [-0.05, 0) is 70.6 Å². The molecule has 4 nitrogen and oxygen atoms in total. The van der Waals surface area contributed by atoms with Crippen LogP contribution in [0, 0.1) is 11.7 Å². The predicted molar refractivity (Wildman–Crippen MR) is 92.4 cm³/mol. The minimum absolute atomic E-state index is 0.0321. The van der Waals surface area contributed by atoms with E-state index < -0.39 is 14.8 Å². The van der Waals surface area contributed by atoms with Crippen molar-refractivity contribution < 1.29 is 12.8 Å². The second-order valence-electron chi connectivity index (χ2n) is 7.34. The van der Waals surface area contributed by atoms with Crippen molar-refractivity contribution in [1.29, 1.82) is 0 Å². The van der Waals surface area contributed by atoms with E-state index in [2.05, 4.69) is 10.0 Å². The van der Waals surface area contributed by atoms with Crippen LogP contribution in [0.5, 0.6) is 0 Å². The number of benzene rings is 1. The van der Waals surface area contributed by atoms with Crippen LogP contribution in [-0.2, 0) is 10.0 Å². The second-order valence-corrected chi connectivity index (χ2v) is 9.81. The molecular formula is C17H27FN2O2S. The smallest absolute Gasteiger partial charge is 0.216 e. The molecule has 0 aromatic heterocycles. The van der Waals surface area contributed by atoms with E-state index in [1.54, 1.807) is 26.8 Å².